The number of aryl methyl sites for hydroxylation is 1. The average Bonchev–Trinajstić information content (AvgIpc) is 3.10. The lowest BCUT2D eigenvalue weighted by atomic mass is 10.0. The van der Waals surface area contributed by atoms with Crippen LogP contribution in [0.5, 0.6) is 0 Å². The Kier molecular flexibility index (Phi) is 5.43. The SMILES string of the molecule is Cc1cccc(N2CCN(Cc3ccc4c(c3)CN(C3CCC(=O)NC3=O)C4=O)CC2)c1. The second kappa shape index (κ2) is 8.39. The molecule has 0 bridgehead atoms. The van der Waals surface area contributed by atoms with Crippen LogP contribution in [0.4, 0.5) is 5.69 Å². The molecule has 0 radical (unpaired) electrons. The third-order valence-electron chi connectivity index (χ3n) is 6.73. The van der Waals surface area contributed by atoms with E-state index in [1.165, 1.54) is 16.8 Å². The summed E-state index contributed by atoms with van der Waals surface area (Å²) in [6.07, 6.45) is 0.665. The molecule has 3 aliphatic rings. The maximum atomic E-state index is 12.9. The number of hydrogen-bond donors (Lipinski definition) is 1. The van der Waals surface area contributed by atoms with Gasteiger partial charge in [-0.3, -0.25) is 24.6 Å². The van der Waals surface area contributed by atoms with Gasteiger partial charge in [-0.1, -0.05) is 24.3 Å². The first kappa shape index (κ1) is 20.7. The Hall–Kier alpha value is -3.19. The Bertz CT molecular complexity index is 1070. The van der Waals surface area contributed by atoms with Gasteiger partial charge in [-0.15, -0.1) is 0 Å². The molecule has 3 aliphatic heterocycles. The summed E-state index contributed by atoms with van der Waals surface area (Å²) in [5.74, 6) is -0.748. The molecule has 0 aliphatic carbocycles. The van der Waals surface area contributed by atoms with Crippen molar-refractivity contribution in [2.75, 3.05) is 31.1 Å². The first-order valence-electron chi connectivity index (χ1n) is 11.3. The highest BCUT2D eigenvalue weighted by atomic mass is 16.2. The predicted molar refractivity (Wildman–Crippen MR) is 121 cm³/mol. The Balaban J connectivity index is 1.21. The smallest absolute Gasteiger partial charge is 0.255 e. The number of nitrogens with zero attached hydrogens (tertiary/aromatic N) is 3. The normalized spacial score (nSPS) is 21.7. The summed E-state index contributed by atoms with van der Waals surface area (Å²) in [4.78, 5) is 43.0. The Morgan fingerprint density at radius 3 is 2.56 bits per heavy atom. The van der Waals surface area contributed by atoms with Crippen molar-refractivity contribution in [3.63, 3.8) is 0 Å². The number of fused-ring (bicyclic) bond motifs is 1. The van der Waals surface area contributed by atoms with Crippen molar-refractivity contribution in [1.82, 2.24) is 15.1 Å². The van der Waals surface area contributed by atoms with Crippen LogP contribution >= 0.6 is 0 Å². The molecule has 0 spiro atoms. The van der Waals surface area contributed by atoms with Crippen LogP contribution in [0.2, 0.25) is 0 Å². The summed E-state index contributed by atoms with van der Waals surface area (Å²) >= 11 is 0. The third-order valence-corrected chi connectivity index (χ3v) is 6.73. The van der Waals surface area contributed by atoms with Crippen molar-refractivity contribution in [2.24, 2.45) is 0 Å². The van der Waals surface area contributed by atoms with Crippen LogP contribution in [0.25, 0.3) is 0 Å². The largest absolute Gasteiger partial charge is 0.369 e. The van der Waals surface area contributed by atoms with Crippen LogP contribution in [0.15, 0.2) is 42.5 Å². The predicted octanol–water partition coefficient (Wildman–Crippen LogP) is 2.08. The maximum Gasteiger partial charge on any atom is 0.255 e. The molecule has 32 heavy (non-hydrogen) atoms. The van der Waals surface area contributed by atoms with Gasteiger partial charge in [0.1, 0.15) is 6.04 Å². The van der Waals surface area contributed by atoms with Crippen LogP contribution in [0, 0.1) is 6.92 Å². The number of hydrogen-bond acceptors (Lipinski definition) is 5. The van der Waals surface area contributed by atoms with Crippen molar-refractivity contribution in [1.29, 1.82) is 0 Å². The molecular weight excluding hydrogens is 404 g/mol. The fourth-order valence-corrected chi connectivity index (χ4v) is 4.97. The van der Waals surface area contributed by atoms with Crippen molar-refractivity contribution in [3.05, 3.63) is 64.7 Å². The monoisotopic (exact) mass is 432 g/mol. The van der Waals surface area contributed by atoms with Crippen LogP contribution in [0.1, 0.15) is 39.9 Å². The van der Waals surface area contributed by atoms with E-state index in [1.807, 2.05) is 12.1 Å². The van der Waals surface area contributed by atoms with Crippen molar-refractivity contribution in [2.45, 2.75) is 38.9 Å². The molecule has 5 rings (SSSR count). The van der Waals surface area contributed by atoms with Crippen LogP contribution in [-0.2, 0) is 22.7 Å². The number of carbonyl (C=O) groups is 3. The standard InChI is InChI=1S/C25H28N4O3/c1-17-3-2-4-20(13-17)28-11-9-27(10-12-28)15-18-5-6-21-19(14-18)16-29(25(21)32)22-7-8-23(30)26-24(22)31/h2-6,13-14,22H,7-12,15-16H2,1H3,(H,26,30,31). The quantitative estimate of drug-likeness (QED) is 0.749. The highest BCUT2D eigenvalue weighted by Crippen LogP contribution is 2.29. The molecule has 2 aromatic carbocycles. The van der Waals surface area contributed by atoms with E-state index in [1.54, 1.807) is 4.90 Å². The molecule has 3 amide bonds. The molecule has 7 nitrogen and oxygen atoms in total. The van der Waals surface area contributed by atoms with Crippen molar-refractivity contribution >= 4 is 23.4 Å². The first-order valence-corrected chi connectivity index (χ1v) is 11.3. The maximum absolute atomic E-state index is 12.9. The molecular formula is C25H28N4O3. The number of rotatable bonds is 4. The Morgan fingerprint density at radius 1 is 1.00 bits per heavy atom. The van der Waals surface area contributed by atoms with E-state index < -0.39 is 6.04 Å². The van der Waals surface area contributed by atoms with E-state index in [0.717, 1.165) is 38.3 Å². The number of nitrogens with one attached hydrogen (secondary N) is 1. The number of imide groups is 1. The highest BCUT2D eigenvalue weighted by molar-refractivity contribution is 6.05. The zero-order valence-corrected chi connectivity index (χ0v) is 18.3. The number of amides is 3. The van der Waals surface area contributed by atoms with Gasteiger partial charge in [0.05, 0.1) is 0 Å². The van der Waals surface area contributed by atoms with Gasteiger partial charge in [-0.2, -0.15) is 0 Å². The van der Waals surface area contributed by atoms with Gasteiger partial charge in [0, 0.05) is 56.9 Å². The molecule has 1 N–H and O–H groups in total. The van der Waals surface area contributed by atoms with E-state index in [2.05, 4.69) is 52.4 Å². The topological polar surface area (TPSA) is 73.0 Å². The number of piperazine rings is 1. The number of anilines is 1. The molecule has 1 atom stereocenters. The molecule has 1 unspecified atom stereocenters. The fourth-order valence-electron chi connectivity index (χ4n) is 4.97. The minimum absolute atomic E-state index is 0.118. The second-order valence-corrected chi connectivity index (χ2v) is 8.99. The molecule has 0 aromatic heterocycles. The van der Waals surface area contributed by atoms with Crippen LogP contribution < -0.4 is 10.2 Å². The minimum Gasteiger partial charge on any atom is -0.369 e. The molecule has 0 saturated carbocycles. The molecule has 3 heterocycles. The number of piperidine rings is 1. The molecule has 166 valence electrons. The first-order chi connectivity index (χ1) is 15.5. The van der Waals surface area contributed by atoms with E-state index in [0.29, 0.717) is 18.5 Å². The van der Waals surface area contributed by atoms with Crippen LogP contribution in [-0.4, -0.2) is 59.7 Å². The van der Waals surface area contributed by atoms with Crippen molar-refractivity contribution < 1.29 is 14.4 Å². The van der Waals surface area contributed by atoms with Gasteiger partial charge in [0.25, 0.3) is 5.91 Å². The zero-order valence-electron chi connectivity index (χ0n) is 18.3. The lowest BCUT2D eigenvalue weighted by Crippen LogP contribution is -2.52. The van der Waals surface area contributed by atoms with E-state index >= 15 is 0 Å². The minimum atomic E-state index is -0.564. The van der Waals surface area contributed by atoms with E-state index in [-0.39, 0.29) is 24.1 Å². The fraction of sp³-hybridized carbons (Fsp3) is 0.400. The Labute approximate surface area is 188 Å². The van der Waals surface area contributed by atoms with Crippen molar-refractivity contribution in [3.8, 4) is 0 Å². The second-order valence-electron chi connectivity index (χ2n) is 8.99. The zero-order chi connectivity index (χ0) is 22.2. The van der Waals surface area contributed by atoms with E-state index in [9.17, 15) is 14.4 Å². The van der Waals surface area contributed by atoms with Gasteiger partial charge in [-0.25, -0.2) is 0 Å². The van der Waals surface area contributed by atoms with Gasteiger partial charge < -0.3 is 9.80 Å². The van der Waals surface area contributed by atoms with Gasteiger partial charge in [0.2, 0.25) is 11.8 Å². The summed E-state index contributed by atoms with van der Waals surface area (Å²) < 4.78 is 0. The summed E-state index contributed by atoms with van der Waals surface area (Å²) in [7, 11) is 0. The summed E-state index contributed by atoms with van der Waals surface area (Å²) in [5, 5.41) is 2.36. The Morgan fingerprint density at radius 2 is 1.81 bits per heavy atom. The molecule has 2 aromatic rings. The number of benzene rings is 2. The van der Waals surface area contributed by atoms with E-state index in [4.69, 9.17) is 0 Å². The summed E-state index contributed by atoms with van der Waals surface area (Å²) in [5.41, 5.74) is 5.39. The van der Waals surface area contributed by atoms with Gasteiger partial charge >= 0.3 is 0 Å². The third kappa shape index (κ3) is 4.00. The highest BCUT2D eigenvalue weighted by Gasteiger charge is 2.39. The average molecular weight is 433 g/mol. The molecule has 2 fully saturated rings. The van der Waals surface area contributed by atoms with Gasteiger partial charge in [-0.05, 0) is 48.2 Å². The number of carbonyl (C=O) groups excluding carboxylic acids is 3. The summed E-state index contributed by atoms with van der Waals surface area (Å²) in [6.45, 7) is 7.38. The van der Waals surface area contributed by atoms with Gasteiger partial charge in [0.15, 0.2) is 0 Å². The molecule has 7 heteroatoms. The van der Waals surface area contributed by atoms with Crippen LogP contribution in [0.3, 0.4) is 0 Å². The summed E-state index contributed by atoms with van der Waals surface area (Å²) in [6, 6.07) is 14.1. The lowest BCUT2D eigenvalue weighted by Gasteiger charge is -2.36. The molecule has 2 saturated heterocycles. The lowest BCUT2D eigenvalue weighted by molar-refractivity contribution is -0.136.